The number of hydroxylamine groups is 1. The summed E-state index contributed by atoms with van der Waals surface area (Å²) < 4.78 is 0. The van der Waals surface area contributed by atoms with Gasteiger partial charge < -0.3 is 16.4 Å². The summed E-state index contributed by atoms with van der Waals surface area (Å²) in [4.78, 5) is 9.17. The number of nitrogens with two attached hydrogens (primary N) is 1. The summed E-state index contributed by atoms with van der Waals surface area (Å²) in [6, 6.07) is -1.06. The van der Waals surface area contributed by atoms with Gasteiger partial charge in [0.25, 0.3) is 0 Å². The van der Waals surface area contributed by atoms with E-state index < -0.39 is 6.03 Å². The first-order valence-corrected chi connectivity index (χ1v) is 0.916. The Balaban J connectivity index is 0. The number of carbonyl (C=O) groups is 1. The molecule has 0 aliphatic heterocycles. The average molecular weight is 98.0 g/mol. The zero-order valence-corrected chi connectivity index (χ0v) is 5.38. The molecule has 0 saturated carbocycles. The van der Waals surface area contributed by atoms with Crippen LogP contribution >= 0.6 is 0 Å². The molecule has 3 N–H and O–H groups in total. The Morgan fingerprint density at radius 3 is 2.00 bits per heavy atom. The maximum atomic E-state index is 9.17. The first-order valence-electron chi connectivity index (χ1n) is 0.916. The molecule has 0 aromatic carbocycles. The Labute approximate surface area is 57.0 Å². The van der Waals surface area contributed by atoms with Crippen molar-refractivity contribution in [2.75, 3.05) is 0 Å². The molecule has 0 rings (SSSR count). The fourth-order valence-electron chi connectivity index (χ4n) is 0. The van der Waals surface area contributed by atoms with Crippen molar-refractivity contribution in [1.82, 2.24) is 0 Å². The SMILES string of the molecule is NC(=O)[N-]O.[Na+]. The van der Waals surface area contributed by atoms with Crippen LogP contribution in [0.5, 0.6) is 0 Å². The summed E-state index contributed by atoms with van der Waals surface area (Å²) in [7, 11) is 0. The second-order valence-corrected chi connectivity index (χ2v) is 0.438. The van der Waals surface area contributed by atoms with Gasteiger partial charge in [0.15, 0.2) is 6.03 Å². The van der Waals surface area contributed by atoms with Crippen molar-refractivity contribution in [3.63, 3.8) is 0 Å². The van der Waals surface area contributed by atoms with E-state index >= 15 is 0 Å². The van der Waals surface area contributed by atoms with Crippen molar-refractivity contribution < 1.29 is 39.6 Å². The largest absolute Gasteiger partial charge is 1.00 e. The number of hydrogen-bond donors (Lipinski definition) is 2. The van der Waals surface area contributed by atoms with Gasteiger partial charge in [-0.25, -0.2) is 0 Å². The van der Waals surface area contributed by atoms with Gasteiger partial charge in [0.05, 0.1) is 0 Å². The third kappa shape index (κ3) is 8.87. The fraction of sp³-hybridized carbons (Fsp3) is 0. The normalized spacial score (nSPS) is 5.50. The quantitative estimate of drug-likeness (QED) is 0.190. The molecule has 0 radical (unpaired) electrons. The van der Waals surface area contributed by atoms with E-state index in [1.165, 1.54) is 0 Å². The third-order valence-corrected chi connectivity index (χ3v) is 0.0986. The van der Waals surface area contributed by atoms with E-state index in [2.05, 4.69) is 5.73 Å². The molecule has 0 aliphatic carbocycles. The number of nitrogens with zero attached hydrogens (tertiary/aromatic N) is 1. The van der Waals surface area contributed by atoms with Crippen LogP contribution in [0.2, 0.25) is 0 Å². The predicted molar refractivity (Wildman–Crippen MR) is 14.7 cm³/mol. The molecule has 0 heterocycles. The molecule has 0 aromatic heterocycles. The zero-order chi connectivity index (χ0) is 4.28. The van der Waals surface area contributed by atoms with Crippen LogP contribution in [0.3, 0.4) is 0 Å². The Hall–Kier alpha value is 0.230. The summed E-state index contributed by atoms with van der Waals surface area (Å²) in [5, 5.41) is 7.29. The second kappa shape index (κ2) is 5.23. The van der Waals surface area contributed by atoms with Crippen LogP contribution in [0, 0.1) is 0 Å². The molecule has 4 nitrogen and oxygen atoms in total. The van der Waals surface area contributed by atoms with Crippen LogP contribution in [0.25, 0.3) is 5.48 Å². The predicted octanol–water partition coefficient (Wildman–Crippen LogP) is -3.17. The Bertz CT molecular complexity index is 46.8. The Morgan fingerprint density at radius 2 is 2.00 bits per heavy atom. The van der Waals surface area contributed by atoms with E-state index in [9.17, 15) is 4.79 Å². The Kier molecular flexibility index (Phi) is 8.30. The van der Waals surface area contributed by atoms with Gasteiger partial charge in [-0.2, -0.15) is 0 Å². The maximum Gasteiger partial charge on any atom is 1.00 e. The molecule has 0 fully saturated rings. The van der Waals surface area contributed by atoms with Crippen molar-refractivity contribution in [2.45, 2.75) is 0 Å². The van der Waals surface area contributed by atoms with Gasteiger partial charge in [-0.3, -0.25) is 4.79 Å². The van der Waals surface area contributed by atoms with E-state index in [0.29, 0.717) is 0 Å². The molecule has 30 valence electrons. The number of carbonyl (C=O) groups excluding carboxylic acids is 1. The van der Waals surface area contributed by atoms with Crippen molar-refractivity contribution in [2.24, 2.45) is 5.73 Å². The first-order chi connectivity index (χ1) is 2.27. The van der Waals surface area contributed by atoms with E-state index in [1.54, 1.807) is 0 Å². The van der Waals surface area contributed by atoms with Gasteiger partial charge in [0, 0.05) is 0 Å². The van der Waals surface area contributed by atoms with Crippen molar-refractivity contribution in [1.29, 1.82) is 0 Å². The molecule has 0 spiro atoms. The first kappa shape index (κ1) is 9.52. The minimum atomic E-state index is -1.06. The summed E-state index contributed by atoms with van der Waals surface area (Å²) in [6.45, 7) is 0. The molecule has 0 aliphatic rings. The smallest absolute Gasteiger partial charge is 0.461 e. The second-order valence-electron chi connectivity index (χ2n) is 0.438. The van der Waals surface area contributed by atoms with Crippen molar-refractivity contribution >= 4 is 6.03 Å². The van der Waals surface area contributed by atoms with Crippen LogP contribution in [0.1, 0.15) is 0 Å². The minimum Gasteiger partial charge on any atom is -0.461 e. The van der Waals surface area contributed by atoms with E-state index in [1.807, 2.05) is 5.48 Å². The molecule has 2 amide bonds. The summed E-state index contributed by atoms with van der Waals surface area (Å²) >= 11 is 0. The van der Waals surface area contributed by atoms with Gasteiger partial charge in [-0.1, -0.05) is 0 Å². The topological polar surface area (TPSA) is 77.4 Å². The van der Waals surface area contributed by atoms with Gasteiger partial charge >= 0.3 is 29.6 Å². The van der Waals surface area contributed by atoms with E-state index in [4.69, 9.17) is 5.21 Å². The minimum absolute atomic E-state index is 0. The van der Waals surface area contributed by atoms with Crippen LogP contribution in [0.15, 0.2) is 0 Å². The van der Waals surface area contributed by atoms with Crippen LogP contribution in [-0.4, -0.2) is 11.2 Å². The van der Waals surface area contributed by atoms with Crippen LogP contribution in [0.4, 0.5) is 4.79 Å². The molecule has 0 aromatic rings. The van der Waals surface area contributed by atoms with Crippen LogP contribution < -0.4 is 35.3 Å². The molecule has 0 bridgehead atoms. The molecule has 0 saturated heterocycles. The summed E-state index contributed by atoms with van der Waals surface area (Å²) in [6.07, 6.45) is 0. The van der Waals surface area contributed by atoms with Gasteiger partial charge in [-0.05, 0) is 0 Å². The fourth-order valence-corrected chi connectivity index (χ4v) is 0. The standard InChI is InChI=1S/CH4N2O2.Na/c2-1(4)3-5;/h(H4,2,3,4,5);/q;+1/p-1. The van der Waals surface area contributed by atoms with Gasteiger partial charge in [-0.15, -0.1) is 0 Å². The molecule has 0 atom stereocenters. The third-order valence-electron chi connectivity index (χ3n) is 0.0986. The number of primary amides is 1. The number of hydrogen-bond acceptors (Lipinski definition) is 2. The summed E-state index contributed by atoms with van der Waals surface area (Å²) in [5.41, 5.74) is 6.26. The van der Waals surface area contributed by atoms with Gasteiger partial charge in [0.1, 0.15) is 0 Å². The van der Waals surface area contributed by atoms with Crippen molar-refractivity contribution in [3.05, 3.63) is 5.48 Å². The van der Waals surface area contributed by atoms with E-state index in [-0.39, 0.29) is 29.6 Å². The molecular formula is CH3N2NaO2. The molecule has 0 unspecified atom stereocenters. The summed E-state index contributed by atoms with van der Waals surface area (Å²) in [5.74, 6) is 0. The molecule has 5 heteroatoms. The zero-order valence-electron chi connectivity index (χ0n) is 3.38. The van der Waals surface area contributed by atoms with Gasteiger partial charge in [0.2, 0.25) is 0 Å². The number of urea groups is 1. The monoisotopic (exact) mass is 98.0 g/mol. The molecule has 6 heavy (non-hydrogen) atoms. The number of amides is 2. The number of rotatable bonds is 0. The van der Waals surface area contributed by atoms with Crippen LogP contribution in [-0.2, 0) is 0 Å². The maximum absolute atomic E-state index is 9.17. The Morgan fingerprint density at radius 1 is 1.83 bits per heavy atom. The van der Waals surface area contributed by atoms with E-state index in [0.717, 1.165) is 0 Å². The average Bonchev–Trinajstić information content (AvgIpc) is 1.38. The van der Waals surface area contributed by atoms with Crippen molar-refractivity contribution in [3.8, 4) is 0 Å². The molecular weight excluding hydrogens is 95.0 g/mol.